The molecule has 0 heterocycles. The molecule has 0 radical (unpaired) electrons. The van der Waals surface area contributed by atoms with Crippen LogP contribution in [0.15, 0.2) is 24.3 Å². The summed E-state index contributed by atoms with van der Waals surface area (Å²) in [5.74, 6) is -0.242. The predicted molar refractivity (Wildman–Crippen MR) is 77.9 cm³/mol. The monoisotopic (exact) mass is 289 g/mol. The average Bonchev–Trinajstić information content (AvgIpc) is 2.47. The van der Waals surface area contributed by atoms with Gasteiger partial charge >= 0.3 is 0 Å². The van der Waals surface area contributed by atoms with Crippen molar-refractivity contribution in [1.29, 1.82) is 5.26 Å². The minimum absolute atomic E-state index is 0.0910. The van der Waals surface area contributed by atoms with Crippen LogP contribution >= 0.6 is 0 Å². The standard InChI is InChI=1S/C15H19N3O3/c1-18(11-15(20)17-7-8-21-2)10-14(19)13-5-3-12(9-16)4-6-13/h3-6H,7-8,10-11H2,1-2H3,(H,17,20). The van der Waals surface area contributed by atoms with Gasteiger partial charge in [0.2, 0.25) is 5.91 Å². The first kappa shape index (κ1) is 16.8. The molecule has 0 saturated carbocycles. The van der Waals surface area contributed by atoms with Gasteiger partial charge < -0.3 is 10.1 Å². The van der Waals surface area contributed by atoms with E-state index in [-0.39, 0.29) is 24.8 Å². The van der Waals surface area contributed by atoms with Crippen LogP contribution in [0, 0.1) is 11.3 Å². The largest absolute Gasteiger partial charge is 0.383 e. The van der Waals surface area contributed by atoms with Crippen LogP contribution in [0.5, 0.6) is 0 Å². The van der Waals surface area contributed by atoms with E-state index in [1.165, 1.54) is 0 Å². The number of likely N-dealkylation sites (N-methyl/N-ethyl adjacent to an activating group) is 1. The Morgan fingerprint density at radius 2 is 1.95 bits per heavy atom. The van der Waals surface area contributed by atoms with Crippen LogP contribution in [0.2, 0.25) is 0 Å². The van der Waals surface area contributed by atoms with Gasteiger partial charge in [-0.15, -0.1) is 0 Å². The Bertz CT molecular complexity index is 520. The minimum Gasteiger partial charge on any atom is -0.383 e. The van der Waals surface area contributed by atoms with Gasteiger partial charge in [-0.2, -0.15) is 5.26 Å². The van der Waals surface area contributed by atoms with Crippen LogP contribution in [0.1, 0.15) is 15.9 Å². The number of hydrogen-bond acceptors (Lipinski definition) is 5. The van der Waals surface area contributed by atoms with Gasteiger partial charge in [-0.1, -0.05) is 12.1 Å². The van der Waals surface area contributed by atoms with Crippen LogP contribution in [0.4, 0.5) is 0 Å². The number of ketones is 1. The first-order chi connectivity index (χ1) is 10.1. The second-order valence-electron chi connectivity index (χ2n) is 4.63. The Morgan fingerprint density at radius 3 is 2.52 bits per heavy atom. The highest BCUT2D eigenvalue weighted by Gasteiger charge is 2.12. The third-order valence-electron chi connectivity index (χ3n) is 2.79. The molecule has 6 heteroatoms. The number of methoxy groups -OCH3 is 1. The number of Topliss-reactive ketones (excluding diaryl/α,β-unsaturated/α-hetero) is 1. The summed E-state index contributed by atoms with van der Waals surface area (Å²) in [6.45, 7) is 1.20. The molecule has 0 saturated heterocycles. The van der Waals surface area contributed by atoms with Gasteiger partial charge in [0.15, 0.2) is 5.78 Å². The highest BCUT2D eigenvalue weighted by Crippen LogP contribution is 2.05. The molecule has 1 amide bonds. The maximum absolute atomic E-state index is 12.0. The lowest BCUT2D eigenvalue weighted by molar-refractivity contribution is -0.122. The van der Waals surface area contributed by atoms with Crippen LogP contribution in [0.25, 0.3) is 0 Å². The third-order valence-corrected chi connectivity index (χ3v) is 2.79. The summed E-state index contributed by atoms with van der Waals surface area (Å²) in [7, 11) is 3.27. The lowest BCUT2D eigenvalue weighted by Crippen LogP contribution is -2.38. The topological polar surface area (TPSA) is 82.4 Å². The summed E-state index contributed by atoms with van der Waals surface area (Å²) in [6.07, 6.45) is 0. The fourth-order valence-electron chi connectivity index (χ4n) is 1.72. The maximum atomic E-state index is 12.0. The van der Waals surface area contributed by atoms with E-state index in [9.17, 15) is 9.59 Å². The van der Waals surface area contributed by atoms with Crippen molar-refractivity contribution in [1.82, 2.24) is 10.2 Å². The van der Waals surface area contributed by atoms with E-state index in [4.69, 9.17) is 10.00 Å². The predicted octanol–water partition coefficient (Wildman–Crippen LogP) is 0.435. The molecule has 0 bridgehead atoms. The molecule has 0 aromatic heterocycles. The van der Waals surface area contributed by atoms with Crippen molar-refractivity contribution in [2.75, 3.05) is 40.4 Å². The maximum Gasteiger partial charge on any atom is 0.234 e. The summed E-state index contributed by atoms with van der Waals surface area (Å²) in [4.78, 5) is 25.2. The molecule has 21 heavy (non-hydrogen) atoms. The number of carbonyl (C=O) groups is 2. The number of nitrogens with zero attached hydrogens (tertiary/aromatic N) is 2. The van der Waals surface area contributed by atoms with Gasteiger partial charge in [0, 0.05) is 19.2 Å². The summed E-state index contributed by atoms with van der Waals surface area (Å²) in [5.41, 5.74) is 1.04. The van der Waals surface area contributed by atoms with E-state index < -0.39 is 0 Å². The van der Waals surface area contributed by atoms with Crippen LogP contribution in [0.3, 0.4) is 0 Å². The van der Waals surface area contributed by atoms with Crippen molar-refractivity contribution in [3.05, 3.63) is 35.4 Å². The second kappa shape index (κ2) is 8.84. The molecule has 0 unspecified atom stereocenters. The molecule has 6 nitrogen and oxygen atoms in total. The Morgan fingerprint density at radius 1 is 1.29 bits per heavy atom. The SMILES string of the molecule is COCCNC(=O)CN(C)CC(=O)c1ccc(C#N)cc1. The van der Waals surface area contributed by atoms with Crippen molar-refractivity contribution in [2.24, 2.45) is 0 Å². The number of nitriles is 1. The second-order valence-corrected chi connectivity index (χ2v) is 4.63. The van der Waals surface area contributed by atoms with Crippen molar-refractivity contribution in [3.8, 4) is 6.07 Å². The number of ether oxygens (including phenoxy) is 1. The first-order valence-electron chi connectivity index (χ1n) is 6.54. The molecule has 1 N–H and O–H groups in total. The van der Waals surface area contributed by atoms with Gasteiger partial charge in [0.25, 0.3) is 0 Å². The summed E-state index contributed by atoms with van der Waals surface area (Å²) >= 11 is 0. The van der Waals surface area contributed by atoms with Gasteiger partial charge in [-0.05, 0) is 19.2 Å². The normalized spacial score (nSPS) is 10.2. The zero-order valence-corrected chi connectivity index (χ0v) is 12.3. The Kier molecular flexibility index (Phi) is 7.09. The molecule has 1 rings (SSSR count). The van der Waals surface area contributed by atoms with E-state index in [0.29, 0.717) is 24.3 Å². The van der Waals surface area contributed by atoms with E-state index in [1.54, 1.807) is 43.3 Å². The molecule has 1 aromatic carbocycles. The van der Waals surface area contributed by atoms with Crippen molar-refractivity contribution in [3.63, 3.8) is 0 Å². The van der Waals surface area contributed by atoms with Crippen LogP contribution in [-0.4, -0.2) is 57.0 Å². The van der Waals surface area contributed by atoms with Crippen molar-refractivity contribution < 1.29 is 14.3 Å². The molecule has 0 fully saturated rings. The average molecular weight is 289 g/mol. The Hall–Kier alpha value is -2.23. The van der Waals surface area contributed by atoms with Crippen molar-refractivity contribution >= 4 is 11.7 Å². The summed E-state index contributed by atoms with van der Waals surface area (Å²) in [5, 5.41) is 11.4. The molecular formula is C15H19N3O3. The lowest BCUT2D eigenvalue weighted by Gasteiger charge is -2.15. The number of rotatable bonds is 8. The molecule has 112 valence electrons. The quantitative estimate of drug-likeness (QED) is 0.554. The zero-order chi connectivity index (χ0) is 15.7. The smallest absolute Gasteiger partial charge is 0.234 e. The third kappa shape index (κ3) is 6.17. The highest BCUT2D eigenvalue weighted by molar-refractivity contribution is 5.97. The zero-order valence-electron chi connectivity index (χ0n) is 12.3. The molecule has 0 spiro atoms. The lowest BCUT2D eigenvalue weighted by atomic mass is 10.1. The number of carbonyl (C=O) groups excluding carboxylic acids is 2. The summed E-state index contributed by atoms with van der Waals surface area (Å²) in [6, 6.07) is 8.44. The fourth-order valence-corrected chi connectivity index (χ4v) is 1.72. The van der Waals surface area contributed by atoms with E-state index >= 15 is 0 Å². The number of amides is 1. The Balaban J connectivity index is 2.42. The van der Waals surface area contributed by atoms with Gasteiger partial charge in [-0.25, -0.2) is 0 Å². The molecule has 0 aliphatic carbocycles. The first-order valence-corrected chi connectivity index (χ1v) is 6.54. The molecule has 0 atom stereocenters. The Labute approximate surface area is 124 Å². The van der Waals surface area contributed by atoms with Gasteiger partial charge in [0.05, 0.1) is 31.3 Å². The van der Waals surface area contributed by atoms with Crippen LogP contribution < -0.4 is 5.32 Å². The van der Waals surface area contributed by atoms with Gasteiger partial charge in [-0.3, -0.25) is 14.5 Å². The molecule has 0 aliphatic rings. The molecular weight excluding hydrogens is 270 g/mol. The number of nitrogens with one attached hydrogen (secondary N) is 1. The minimum atomic E-state index is -0.151. The van der Waals surface area contributed by atoms with Crippen molar-refractivity contribution in [2.45, 2.75) is 0 Å². The van der Waals surface area contributed by atoms with E-state index in [1.807, 2.05) is 6.07 Å². The molecule has 0 aliphatic heterocycles. The number of hydrogen-bond donors (Lipinski definition) is 1. The van der Waals surface area contributed by atoms with E-state index in [2.05, 4.69) is 5.32 Å². The van der Waals surface area contributed by atoms with Gasteiger partial charge in [0.1, 0.15) is 0 Å². The number of benzene rings is 1. The highest BCUT2D eigenvalue weighted by atomic mass is 16.5. The molecule has 1 aromatic rings. The summed E-state index contributed by atoms with van der Waals surface area (Å²) < 4.78 is 4.83. The van der Waals surface area contributed by atoms with E-state index in [0.717, 1.165) is 0 Å². The fraction of sp³-hybridized carbons (Fsp3) is 0.400. The van der Waals surface area contributed by atoms with Crippen LogP contribution in [-0.2, 0) is 9.53 Å².